The number of hydrogen-bond acceptors (Lipinski definition) is 3. The molecule has 0 bridgehead atoms. The molecule has 1 aromatic rings. The van der Waals surface area contributed by atoms with E-state index in [-0.39, 0.29) is 0 Å². The first kappa shape index (κ1) is 15.1. The molecule has 0 amide bonds. The lowest BCUT2D eigenvalue weighted by Crippen LogP contribution is -2.23. The summed E-state index contributed by atoms with van der Waals surface area (Å²) in [5.41, 5.74) is 3.55. The van der Waals surface area contributed by atoms with Crippen LogP contribution in [0.3, 0.4) is 0 Å². The average molecular weight is 250 g/mol. The van der Waals surface area contributed by atoms with Crippen molar-refractivity contribution in [3.8, 4) is 0 Å². The van der Waals surface area contributed by atoms with E-state index in [9.17, 15) is 0 Å². The van der Waals surface area contributed by atoms with Crippen molar-refractivity contribution in [2.75, 3.05) is 20.3 Å². The monoisotopic (exact) mass is 250 g/mol. The second kappa shape index (κ2) is 8.22. The highest BCUT2D eigenvalue weighted by atomic mass is 16.5. The van der Waals surface area contributed by atoms with Crippen molar-refractivity contribution in [1.82, 2.24) is 10.3 Å². The highest BCUT2D eigenvalue weighted by Crippen LogP contribution is 2.21. The molecule has 1 rings (SSSR count). The number of aryl methyl sites for hydroxylation is 2. The van der Waals surface area contributed by atoms with Gasteiger partial charge in [-0.2, -0.15) is 0 Å². The van der Waals surface area contributed by atoms with Gasteiger partial charge in [0.1, 0.15) is 0 Å². The minimum atomic E-state index is 0.396. The van der Waals surface area contributed by atoms with Crippen LogP contribution in [0.4, 0.5) is 0 Å². The summed E-state index contributed by atoms with van der Waals surface area (Å²) in [5.74, 6) is 0. The zero-order chi connectivity index (χ0) is 13.4. The second-order valence-corrected chi connectivity index (χ2v) is 4.77. The Morgan fingerprint density at radius 2 is 2.11 bits per heavy atom. The first-order valence-electron chi connectivity index (χ1n) is 6.85. The highest BCUT2D eigenvalue weighted by molar-refractivity contribution is 5.25. The predicted octanol–water partition coefficient (Wildman–Crippen LogP) is 3.17. The quantitative estimate of drug-likeness (QED) is 0.720. The molecule has 0 radical (unpaired) electrons. The molecular formula is C15H26N2O. The van der Waals surface area contributed by atoms with Crippen LogP contribution in [0.2, 0.25) is 0 Å². The smallest absolute Gasteiger partial charge is 0.0462 e. The fourth-order valence-electron chi connectivity index (χ4n) is 2.18. The number of nitrogens with zero attached hydrogens (tertiary/aromatic N) is 1. The van der Waals surface area contributed by atoms with Gasteiger partial charge in [0.05, 0.1) is 0 Å². The summed E-state index contributed by atoms with van der Waals surface area (Å²) in [7, 11) is 1.76. The van der Waals surface area contributed by atoms with Crippen molar-refractivity contribution in [2.24, 2.45) is 0 Å². The third kappa shape index (κ3) is 4.75. The lowest BCUT2D eigenvalue weighted by molar-refractivity contribution is 0.188. The van der Waals surface area contributed by atoms with Crippen molar-refractivity contribution in [1.29, 1.82) is 0 Å². The van der Waals surface area contributed by atoms with Gasteiger partial charge in [-0.05, 0) is 51.3 Å². The number of methoxy groups -OCH3 is 1. The molecule has 1 atom stereocenters. The maximum atomic E-state index is 5.14. The van der Waals surface area contributed by atoms with Crippen molar-refractivity contribution in [2.45, 2.75) is 46.1 Å². The number of rotatable bonds is 8. The topological polar surface area (TPSA) is 34.1 Å². The molecule has 1 unspecified atom stereocenters. The highest BCUT2D eigenvalue weighted by Gasteiger charge is 2.13. The molecule has 3 heteroatoms. The van der Waals surface area contributed by atoms with Gasteiger partial charge in [-0.3, -0.25) is 4.98 Å². The van der Waals surface area contributed by atoms with Crippen LogP contribution in [0.5, 0.6) is 0 Å². The Morgan fingerprint density at radius 1 is 1.33 bits per heavy atom. The number of pyridine rings is 1. The fraction of sp³-hybridized carbons (Fsp3) is 0.667. The molecule has 18 heavy (non-hydrogen) atoms. The predicted molar refractivity (Wildman–Crippen MR) is 75.9 cm³/mol. The van der Waals surface area contributed by atoms with Crippen molar-refractivity contribution in [3.63, 3.8) is 0 Å². The van der Waals surface area contributed by atoms with E-state index in [1.165, 1.54) is 5.56 Å². The summed E-state index contributed by atoms with van der Waals surface area (Å²) >= 11 is 0. The lowest BCUT2D eigenvalue weighted by atomic mass is 10.0. The van der Waals surface area contributed by atoms with Gasteiger partial charge in [0, 0.05) is 31.1 Å². The Balaban J connectivity index is 2.73. The van der Waals surface area contributed by atoms with E-state index in [1.54, 1.807) is 7.11 Å². The fourth-order valence-corrected chi connectivity index (χ4v) is 2.18. The number of aromatic nitrogens is 1. The first-order valence-corrected chi connectivity index (χ1v) is 6.85. The summed E-state index contributed by atoms with van der Waals surface area (Å²) in [5, 5.41) is 3.61. The van der Waals surface area contributed by atoms with Crippen LogP contribution in [0.25, 0.3) is 0 Å². The molecule has 0 saturated carbocycles. The summed E-state index contributed by atoms with van der Waals surface area (Å²) in [4.78, 5) is 4.56. The molecule has 0 fully saturated rings. The molecule has 1 heterocycles. The third-order valence-corrected chi connectivity index (χ3v) is 3.12. The Bertz CT molecular complexity index is 352. The van der Waals surface area contributed by atoms with Crippen LogP contribution in [0.15, 0.2) is 12.1 Å². The largest absolute Gasteiger partial charge is 0.385 e. The Hall–Kier alpha value is -0.930. The first-order chi connectivity index (χ1) is 8.69. The number of hydrogen-bond donors (Lipinski definition) is 1. The van der Waals surface area contributed by atoms with Crippen molar-refractivity contribution in [3.05, 3.63) is 29.1 Å². The van der Waals surface area contributed by atoms with Gasteiger partial charge < -0.3 is 10.1 Å². The SMILES string of the molecule is CCCNC(CCCOC)c1ccc(C)nc1C. The Kier molecular flexibility index (Phi) is 6.91. The van der Waals surface area contributed by atoms with Crippen LogP contribution in [-0.2, 0) is 4.74 Å². The molecule has 0 aliphatic carbocycles. The maximum Gasteiger partial charge on any atom is 0.0462 e. The van der Waals surface area contributed by atoms with E-state index in [0.29, 0.717) is 6.04 Å². The van der Waals surface area contributed by atoms with Gasteiger partial charge in [0.15, 0.2) is 0 Å². The van der Waals surface area contributed by atoms with Gasteiger partial charge in [-0.15, -0.1) is 0 Å². The van der Waals surface area contributed by atoms with Crippen LogP contribution < -0.4 is 5.32 Å². The lowest BCUT2D eigenvalue weighted by Gasteiger charge is -2.20. The van der Waals surface area contributed by atoms with E-state index < -0.39 is 0 Å². The van der Waals surface area contributed by atoms with Gasteiger partial charge in [0.2, 0.25) is 0 Å². The minimum absolute atomic E-state index is 0.396. The van der Waals surface area contributed by atoms with E-state index in [4.69, 9.17) is 4.74 Å². The molecule has 0 aromatic carbocycles. The molecule has 0 aliphatic rings. The maximum absolute atomic E-state index is 5.14. The summed E-state index contributed by atoms with van der Waals surface area (Å²) in [6.07, 6.45) is 3.32. The zero-order valence-electron chi connectivity index (χ0n) is 12.1. The molecule has 1 aromatic heterocycles. The average Bonchev–Trinajstić information content (AvgIpc) is 2.34. The van der Waals surface area contributed by atoms with Crippen LogP contribution in [0, 0.1) is 13.8 Å². The van der Waals surface area contributed by atoms with E-state index in [2.05, 4.69) is 36.3 Å². The van der Waals surface area contributed by atoms with E-state index in [0.717, 1.165) is 43.8 Å². The van der Waals surface area contributed by atoms with Gasteiger partial charge in [-0.1, -0.05) is 13.0 Å². The number of nitrogens with one attached hydrogen (secondary N) is 1. The summed E-state index contributed by atoms with van der Waals surface area (Å²) in [6.45, 7) is 8.20. The van der Waals surface area contributed by atoms with Gasteiger partial charge in [-0.25, -0.2) is 0 Å². The Labute approximate surface area is 111 Å². The van der Waals surface area contributed by atoms with Crippen LogP contribution in [-0.4, -0.2) is 25.2 Å². The summed E-state index contributed by atoms with van der Waals surface area (Å²) < 4.78 is 5.14. The number of ether oxygens (including phenoxy) is 1. The third-order valence-electron chi connectivity index (χ3n) is 3.12. The standard InChI is InChI=1S/C15H26N2O/c1-5-10-16-15(7-6-11-18-4)14-9-8-12(2)17-13(14)3/h8-9,15-16H,5-7,10-11H2,1-4H3. The van der Waals surface area contributed by atoms with Gasteiger partial charge in [0.25, 0.3) is 0 Å². The van der Waals surface area contributed by atoms with E-state index in [1.807, 2.05) is 6.92 Å². The summed E-state index contributed by atoms with van der Waals surface area (Å²) in [6, 6.07) is 4.70. The normalized spacial score (nSPS) is 12.7. The molecule has 0 saturated heterocycles. The van der Waals surface area contributed by atoms with Crippen molar-refractivity contribution < 1.29 is 4.74 Å². The molecule has 3 nitrogen and oxygen atoms in total. The van der Waals surface area contributed by atoms with Crippen LogP contribution >= 0.6 is 0 Å². The minimum Gasteiger partial charge on any atom is -0.385 e. The van der Waals surface area contributed by atoms with Crippen molar-refractivity contribution >= 4 is 0 Å². The molecule has 0 spiro atoms. The van der Waals surface area contributed by atoms with E-state index >= 15 is 0 Å². The zero-order valence-corrected chi connectivity index (χ0v) is 12.1. The molecule has 1 N–H and O–H groups in total. The Morgan fingerprint density at radius 3 is 2.72 bits per heavy atom. The van der Waals surface area contributed by atoms with Crippen LogP contribution in [0.1, 0.15) is 49.2 Å². The molecular weight excluding hydrogens is 224 g/mol. The second-order valence-electron chi connectivity index (χ2n) is 4.77. The molecule has 102 valence electrons. The molecule has 0 aliphatic heterocycles. The van der Waals surface area contributed by atoms with Gasteiger partial charge >= 0.3 is 0 Å².